The molecule has 110 valence electrons. The van der Waals surface area contributed by atoms with Crippen LogP contribution in [0, 0.1) is 5.82 Å². The number of morpholine rings is 1. The lowest BCUT2D eigenvalue weighted by atomic mass is 10.1. The largest absolute Gasteiger partial charge is 0.378 e. The van der Waals surface area contributed by atoms with E-state index >= 15 is 0 Å². The van der Waals surface area contributed by atoms with Crippen LogP contribution < -0.4 is 0 Å². The van der Waals surface area contributed by atoms with E-state index in [0.29, 0.717) is 0 Å². The zero-order valence-corrected chi connectivity index (χ0v) is 11.9. The normalized spacial score (nSPS) is 20.8. The van der Waals surface area contributed by atoms with Gasteiger partial charge in [0.25, 0.3) is 0 Å². The van der Waals surface area contributed by atoms with Gasteiger partial charge in [0.05, 0.1) is 24.2 Å². The van der Waals surface area contributed by atoms with Crippen molar-refractivity contribution < 1.29 is 22.3 Å². The molecule has 20 heavy (non-hydrogen) atoms. The molecule has 0 bridgehead atoms. The van der Waals surface area contributed by atoms with Crippen LogP contribution in [0.2, 0.25) is 0 Å². The molecular formula is C13H16FNO4S. The average molecular weight is 301 g/mol. The van der Waals surface area contributed by atoms with Crippen molar-refractivity contribution in [1.82, 2.24) is 4.31 Å². The molecule has 0 aromatic heterocycles. The molecule has 1 fully saturated rings. The van der Waals surface area contributed by atoms with Crippen LogP contribution in [0.3, 0.4) is 0 Å². The van der Waals surface area contributed by atoms with Gasteiger partial charge in [-0.25, -0.2) is 12.8 Å². The van der Waals surface area contributed by atoms with Crippen LogP contribution in [0.15, 0.2) is 29.2 Å². The van der Waals surface area contributed by atoms with Gasteiger partial charge in [-0.2, -0.15) is 4.31 Å². The minimum absolute atomic E-state index is 0.0918. The number of carbonyl (C=O) groups excluding carboxylic acids is 1. The minimum Gasteiger partial charge on any atom is -0.378 e. The van der Waals surface area contributed by atoms with Crippen molar-refractivity contribution >= 4 is 15.8 Å². The number of carbonyl (C=O) groups is 1. The third-order valence-electron chi connectivity index (χ3n) is 3.10. The molecule has 1 unspecified atom stereocenters. The highest BCUT2D eigenvalue weighted by Crippen LogP contribution is 2.22. The van der Waals surface area contributed by atoms with E-state index < -0.39 is 21.9 Å². The highest BCUT2D eigenvalue weighted by molar-refractivity contribution is 7.89. The molecule has 0 amide bonds. The lowest BCUT2D eigenvalue weighted by Crippen LogP contribution is -2.49. The first-order valence-electron chi connectivity index (χ1n) is 6.26. The van der Waals surface area contributed by atoms with Gasteiger partial charge in [0, 0.05) is 13.0 Å². The lowest BCUT2D eigenvalue weighted by molar-refractivity contribution is -0.118. The van der Waals surface area contributed by atoms with Crippen molar-refractivity contribution in [3.8, 4) is 0 Å². The Labute approximate surface area is 117 Å². The number of ether oxygens (including phenoxy) is 1. The number of halogens is 1. The Bertz CT molecular complexity index is 602. The van der Waals surface area contributed by atoms with E-state index in [1.54, 1.807) is 0 Å². The summed E-state index contributed by atoms with van der Waals surface area (Å²) in [4.78, 5) is 11.1. The van der Waals surface area contributed by atoms with E-state index in [4.69, 9.17) is 4.74 Å². The third kappa shape index (κ3) is 3.23. The molecule has 2 rings (SSSR count). The predicted molar refractivity (Wildman–Crippen MR) is 70.2 cm³/mol. The zero-order valence-electron chi connectivity index (χ0n) is 11.1. The van der Waals surface area contributed by atoms with Crippen LogP contribution in [-0.2, 0) is 19.6 Å². The first kappa shape index (κ1) is 15.1. The lowest BCUT2D eigenvalue weighted by Gasteiger charge is -2.34. The highest BCUT2D eigenvalue weighted by atomic mass is 32.2. The topological polar surface area (TPSA) is 63.7 Å². The molecule has 0 N–H and O–H groups in total. The van der Waals surface area contributed by atoms with Gasteiger partial charge in [0.1, 0.15) is 11.6 Å². The van der Waals surface area contributed by atoms with E-state index in [1.807, 2.05) is 0 Å². The monoisotopic (exact) mass is 301 g/mol. The third-order valence-corrected chi connectivity index (χ3v) is 5.05. The highest BCUT2D eigenvalue weighted by Gasteiger charge is 2.34. The van der Waals surface area contributed by atoms with Crippen LogP contribution in [0.4, 0.5) is 4.39 Å². The van der Waals surface area contributed by atoms with Crippen LogP contribution in [0.25, 0.3) is 0 Å². The summed E-state index contributed by atoms with van der Waals surface area (Å²) in [7, 11) is -3.82. The number of hydrogen-bond acceptors (Lipinski definition) is 4. The Morgan fingerprint density at radius 3 is 2.90 bits per heavy atom. The molecule has 0 radical (unpaired) electrons. The summed E-state index contributed by atoms with van der Waals surface area (Å²) in [5, 5.41) is 0. The molecule has 1 aliphatic heterocycles. The Kier molecular flexibility index (Phi) is 4.52. The number of Topliss-reactive ketones (excluding diaryl/α,β-unsaturated/α-hetero) is 1. The van der Waals surface area contributed by atoms with Crippen molar-refractivity contribution in [2.24, 2.45) is 0 Å². The van der Waals surface area contributed by atoms with E-state index in [0.717, 1.165) is 6.07 Å². The van der Waals surface area contributed by atoms with Gasteiger partial charge in [-0.15, -0.1) is 0 Å². The van der Waals surface area contributed by atoms with Crippen LogP contribution in [-0.4, -0.2) is 44.3 Å². The molecule has 1 heterocycles. The number of rotatable bonds is 4. The van der Waals surface area contributed by atoms with Gasteiger partial charge in [-0.3, -0.25) is 4.79 Å². The summed E-state index contributed by atoms with van der Waals surface area (Å²) in [5.41, 5.74) is 0. The number of ketones is 1. The quantitative estimate of drug-likeness (QED) is 0.838. The molecule has 7 heteroatoms. The zero-order chi connectivity index (χ0) is 14.8. The first-order chi connectivity index (χ1) is 9.41. The summed E-state index contributed by atoms with van der Waals surface area (Å²) in [6.07, 6.45) is 0.0918. The molecule has 0 saturated carbocycles. The number of benzene rings is 1. The Morgan fingerprint density at radius 1 is 1.50 bits per heavy atom. The van der Waals surface area contributed by atoms with Crippen molar-refractivity contribution in [3.05, 3.63) is 30.1 Å². The summed E-state index contributed by atoms with van der Waals surface area (Å²) in [6.45, 7) is 2.01. The SMILES string of the molecule is CC(=O)CC1COCCN1S(=O)(=O)c1cccc(F)c1. The van der Waals surface area contributed by atoms with Gasteiger partial charge in [0.2, 0.25) is 10.0 Å². The van der Waals surface area contributed by atoms with Gasteiger partial charge in [-0.1, -0.05) is 6.07 Å². The molecular weight excluding hydrogens is 285 g/mol. The average Bonchev–Trinajstić information content (AvgIpc) is 2.38. The van der Waals surface area contributed by atoms with Crippen molar-refractivity contribution in [2.45, 2.75) is 24.3 Å². The van der Waals surface area contributed by atoms with E-state index in [9.17, 15) is 17.6 Å². The second-order valence-electron chi connectivity index (χ2n) is 4.71. The molecule has 0 aliphatic carbocycles. The summed E-state index contributed by atoms with van der Waals surface area (Å²) < 4.78 is 44.7. The van der Waals surface area contributed by atoms with Crippen molar-refractivity contribution in [1.29, 1.82) is 0 Å². The van der Waals surface area contributed by atoms with E-state index in [-0.39, 0.29) is 36.9 Å². The van der Waals surface area contributed by atoms with Crippen LogP contribution in [0.1, 0.15) is 13.3 Å². The summed E-state index contributed by atoms with van der Waals surface area (Å²) >= 11 is 0. The summed E-state index contributed by atoms with van der Waals surface area (Å²) in [6, 6.07) is 4.33. The van der Waals surface area contributed by atoms with E-state index in [1.165, 1.54) is 29.4 Å². The van der Waals surface area contributed by atoms with Crippen LogP contribution in [0.5, 0.6) is 0 Å². The molecule has 5 nitrogen and oxygen atoms in total. The fourth-order valence-electron chi connectivity index (χ4n) is 2.21. The molecule has 1 aromatic carbocycles. The molecule has 1 saturated heterocycles. The maximum Gasteiger partial charge on any atom is 0.243 e. The molecule has 1 aromatic rings. The second-order valence-corrected chi connectivity index (χ2v) is 6.60. The Hall–Kier alpha value is -1.31. The fraction of sp³-hybridized carbons (Fsp3) is 0.462. The summed E-state index contributed by atoms with van der Waals surface area (Å²) in [5.74, 6) is -0.720. The number of hydrogen-bond donors (Lipinski definition) is 0. The maximum absolute atomic E-state index is 13.2. The Morgan fingerprint density at radius 2 is 2.25 bits per heavy atom. The molecule has 1 aliphatic rings. The first-order valence-corrected chi connectivity index (χ1v) is 7.70. The second kappa shape index (κ2) is 5.99. The van der Waals surface area contributed by atoms with Crippen molar-refractivity contribution in [2.75, 3.05) is 19.8 Å². The number of sulfonamides is 1. The maximum atomic E-state index is 13.2. The predicted octanol–water partition coefficient (Wildman–Crippen LogP) is 1.19. The number of nitrogens with zero attached hydrogens (tertiary/aromatic N) is 1. The standard InChI is InChI=1S/C13H16FNO4S/c1-10(16)7-12-9-19-6-5-15(12)20(17,18)13-4-2-3-11(14)8-13/h2-4,8,12H,5-7,9H2,1H3. The van der Waals surface area contributed by atoms with Crippen molar-refractivity contribution in [3.63, 3.8) is 0 Å². The van der Waals surface area contributed by atoms with Gasteiger partial charge in [-0.05, 0) is 25.1 Å². The molecule has 0 spiro atoms. The fourth-order valence-corrected chi connectivity index (χ4v) is 3.84. The van der Waals surface area contributed by atoms with Gasteiger partial charge < -0.3 is 4.74 Å². The minimum atomic E-state index is -3.82. The Balaban J connectivity index is 2.33. The van der Waals surface area contributed by atoms with Gasteiger partial charge >= 0.3 is 0 Å². The molecule has 1 atom stereocenters. The van der Waals surface area contributed by atoms with E-state index in [2.05, 4.69) is 0 Å². The van der Waals surface area contributed by atoms with Crippen LogP contribution >= 0.6 is 0 Å². The smallest absolute Gasteiger partial charge is 0.243 e. The van der Waals surface area contributed by atoms with Gasteiger partial charge in [0.15, 0.2) is 0 Å².